The summed E-state index contributed by atoms with van der Waals surface area (Å²) in [6, 6.07) is 20.1. The first-order chi connectivity index (χ1) is 13.3. The summed E-state index contributed by atoms with van der Waals surface area (Å²) in [5.41, 5.74) is 11.6. The van der Waals surface area contributed by atoms with Gasteiger partial charge in [-0.3, -0.25) is 0 Å². The van der Waals surface area contributed by atoms with E-state index in [1.807, 2.05) is 12.1 Å². The van der Waals surface area contributed by atoms with E-state index in [-0.39, 0.29) is 11.1 Å². The van der Waals surface area contributed by atoms with E-state index in [0.717, 1.165) is 12.1 Å². The summed E-state index contributed by atoms with van der Waals surface area (Å²) in [5.74, 6) is -2.46. The second kappa shape index (κ2) is 9.37. The normalized spacial score (nSPS) is 9.93. The number of rotatable bonds is 4. The highest BCUT2D eigenvalue weighted by molar-refractivity contribution is 6.01. The lowest BCUT2D eigenvalue weighted by Crippen LogP contribution is -2.06. The minimum Gasteiger partial charge on any atom is -0.478 e. The van der Waals surface area contributed by atoms with E-state index in [2.05, 4.69) is 44.2 Å². The molecule has 0 radical (unpaired) electrons. The van der Waals surface area contributed by atoms with E-state index in [4.69, 9.17) is 15.9 Å². The molecule has 0 bridgehead atoms. The van der Waals surface area contributed by atoms with Crippen LogP contribution < -0.4 is 5.73 Å². The van der Waals surface area contributed by atoms with Crippen molar-refractivity contribution in [1.82, 2.24) is 0 Å². The molecule has 0 heterocycles. The number of carbonyl (C=O) groups is 2. The first-order valence-corrected chi connectivity index (χ1v) is 8.75. The Kier molecular flexibility index (Phi) is 6.93. The monoisotopic (exact) mass is 377 g/mol. The number of hydrogen-bond acceptors (Lipinski definition) is 3. The number of carboxylic acid groups (broad SMARTS) is 2. The van der Waals surface area contributed by atoms with Crippen LogP contribution in [0.4, 0.5) is 5.69 Å². The maximum atomic E-state index is 10.5. The van der Waals surface area contributed by atoms with Gasteiger partial charge in [0.25, 0.3) is 0 Å². The van der Waals surface area contributed by atoms with Gasteiger partial charge in [-0.15, -0.1) is 0 Å². The maximum Gasteiger partial charge on any atom is 0.336 e. The van der Waals surface area contributed by atoms with Crippen LogP contribution in [0.1, 0.15) is 43.0 Å². The fourth-order valence-corrected chi connectivity index (χ4v) is 2.76. The van der Waals surface area contributed by atoms with Crippen LogP contribution in [0.3, 0.4) is 0 Å². The minimum absolute atomic E-state index is 0.190. The molecule has 3 aromatic rings. The van der Waals surface area contributed by atoms with Gasteiger partial charge < -0.3 is 15.9 Å². The van der Waals surface area contributed by atoms with Gasteiger partial charge in [0.05, 0.1) is 11.1 Å². The molecule has 3 rings (SSSR count). The molecular weight excluding hydrogens is 354 g/mol. The molecule has 3 aromatic carbocycles. The van der Waals surface area contributed by atoms with Gasteiger partial charge in [0.1, 0.15) is 0 Å². The number of benzene rings is 3. The molecule has 0 unspecified atom stereocenters. The van der Waals surface area contributed by atoms with Crippen LogP contribution in [-0.2, 0) is 6.42 Å². The predicted molar refractivity (Wildman–Crippen MR) is 110 cm³/mol. The molecule has 0 spiro atoms. The molecular formula is C23H23NO4. The molecule has 5 heteroatoms. The van der Waals surface area contributed by atoms with Crippen LogP contribution >= 0.6 is 0 Å². The zero-order valence-electron chi connectivity index (χ0n) is 15.8. The van der Waals surface area contributed by atoms with Crippen LogP contribution in [0.25, 0.3) is 0 Å². The Morgan fingerprint density at radius 2 is 1.25 bits per heavy atom. The van der Waals surface area contributed by atoms with Crippen molar-refractivity contribution in [2.45, 2.75) is 20.3 Å². The third kappa shape index (κ3) is 5.20. The molecule has 0 aliphatic heterocycles. The Labute approximate surface area is 164 Å². The SMILES string of the molecule is Cc1c(N)ccc(Cc2ccccc2)c1C.O=C(O)c1ccccc1C(=O)O. The lowest BCUT2D eigenvalue weighted by atomic mass is 9.96. The zero-order valence-corrected chi connectivity index (χ0v) is 15.8. The van der Waals surface area contributed by atoms with Crippen LogP contribution in [0, 0.1) is 13.8 Å². The quantitative estimate of drug-likeness (QED) is 0.579. The summed E-state index contributed by atoms with van der Waals surface area (Å²) in [7, 11) is 0. The number of nitrogens with two attached hydrogens (primary N) is 1. The summed E-state index contributed by atoms with van der Waals surface area (Å²) in [6.45, 7) is 4.23. The number of anilines is 1. The molecule has 0 amide bonds. The van der Waals surface area contributed by atoms with Gasteiger partial charge in [0.2, 0.25) is 0 Å². The van der Waals surface area contributed by atoms with Gasteiger partial charge in [-0.2, -0.15) is 0 Å². The predicted octanol–water partition coefficient (Wildman–Crippen LogP) is 4.56. The highest BCUT2D eigenvalue weighted by Gasteiger charge is 2.13. The molecule has 5 nitrogen and oxygen atoms in total. The molecule has 0 aromatic heterocycles. The molecule has 0 aliphatic rings. The van der Waals surface area contributed by atoms with E-state index in [1.165, 1.54) is 46.5 Å². The van der Waals surface area contributed by atoms with Crippen molar-refractivity contribution in [1.29, 1.82) is 0 Å². The number of nitrogen functional groups attached to an aromatic ring is 1. The van der Waals surface area contributed by atoms with Crippen LogP contribution in [0.5, 0.6) is 0 Å². The minimum atomic E-state index is -1.23. The Bertz CT molecular complexity index is 948. The molecule has 0 aliphatic carbocycles. The maximum absolute atomic E-state index is 10.5. The van der Waals surface area contributed by atoms with Gasteiger partial charge in [0, 0.05) is 5.69 Å². The first-order valence-electron chi connectivity index (χ1n) is 8.75. The van der Waals surface area contributed by atoms with Gasteiger partial charge >= 0.3 is 11.9 Å². The lowest BCUT2D eigenvalue weighted by molar-refractivity contribution is 0.0651. The number of carboxylic acids is 2. The Hall–Kier alpha value is -3.60. The third-order valence-corrected chi connectivity index (χ3v) is 4.57. The highest BCUT2D eigenvalue weighted by atomic mass is 16.4. The van der Waals surface area contributed by atoms with Crippen LogP contribution in [-0.4, -0.2) is 22.2 Å². The largest absolute Gasteiger partial charge is 0.478 e. The molecule has 144 valence electrons. The number of aromatic carboxylic acids is 2. The van der Waals surface area contributed by atoms with Gasteiger partial charge in [-0.1, -0.05) is 48.5 Å². The van der Waals surface area contributed by atoms with Crippen molar-refractivity contribution < 1.29 is 19.8 Å². The fraction of sp³-hybridized carbons (Fsp3) is 0.130. The molecule has 0 fully saturated rings. The standard InChI is InChI=1S/C15H17N.C8H6O4/c1-11-12(2)15(16)9-8-14(11)10-13-6-4-3-5-7-13;9-7(10)5-3-1-2-4-6(5)8(11)12/h3-9H,10,16H2,1-2H3;1-4H,(H,9,10)(H,11,12). The van der Waals surface area contributed by atoms with Crippen molar-refractivity contribution >= 4 is 17.6 Å². The summed E-state index contributed by atoms with van der Waals surface area (Å²) in [5, 5.41) is 17.1. The summed E-state index contributed by atoms with van der Waals surface area (Å²) in [6.07, 6.45) is 0.980. The van der Waals surface area contributed by atoms with Crippen molar-refractivity contribution in [3.8, 4) is 0 Å². The molecule has 28 heavy (non-hydrogen) atoms. The topological polar surface area (TPSA) is 101 Å². The van der Waals surface area contributed by atoms with Gasteiger partial charge in [-0.05, 0) is 60.7 Å². The molecule has 4 N–H and O–H groups in total. The molecule has 0 saturated carbocycles. The van der Waals surface area contributed by atoms with E-state index in [9.17, 15) is 9.59 Å². The average molecular weight is 377 g/mol. The van der Waals surface area contributed by atoms with Gasteiger partial charge in [-0.25, -0.2) is 9.59 Å². The summed E-state index contributed by atoms with van der Waals surface area (Å²) < 4.78 is 0. The molecule has 0 saturated heterocycles. The fourth-order valence-electron chi connectivity index (χ4n) is 2.76. The summed E-state index contributed by atoms with van der Waals surface area (Å²) in [4.78, 5) is 20.9. The van der Waals surface area contributed by atoms with Crippen LogP contribution in [0.15, 0.2) is 66.7 Å². The van der Waals surface area contributed by atoms with E-state index < -0.39 is 11.9 Å². The first kappa shape index (κ1) is 20.7. The smallest absolute Gasteiger partial charge is 0.336 e. The Balaban J connectivity index is 0.000000209. The number of hydrogen-bond donors (Lipinski definition) is 3. The van der Waals surface area contributed by atoms with E-state index in [0.29, 0.717) is 0 Å². The third-order valence-electron chi connectivity index (χ3n) is 4.57. The van der Waals surface area contributed by atoms with Gasteiger partial charge in [0.15, 0.2) is 0 Å². The van der Waals surface area contributed by atoms with Crippen molar-refractivity contribution in [3.63, 3.8) is 0 Å². The van der Waals surface area contributed by atoms with Crippen molar-refractivity contribution in [2.24, 2.45) is 0 Å². The highest BCUT2D eigenvalue weighted by Crippen LogP contribution is 2.21. The van der Waals surface area contributed by atoms with Crippen molar-refractivity contribution in [3.05, 3.63) is 100 Å². The second-order valence-corrected chi connectivity index (χ2v) is 6.38. The zero-order chi connectivity index (χ0) is 20.7. The Morgan fingerprint density at radius 1 is 0.750 bits per heavy atom. The second-order valence-electron chi connectivity index (χ2n) is 6.38. The average Bonchev–Trinajstić information content (AvgIpc) is 2.69. The summed E-state index contributed by atoms with van der Waals surface area (Å²) >= 11 is 0. The van der Waals surface area contributed by atoms with Crippen molar-refractivity contribution in [2.75, 3.05) is 5.73 Å². The van der Waals surface area contributed by atoms with Crippen LogP contribution in [0.2, 0.25) is 0 Å². The Morgan fingerprint density at radius 3 is 1.75 bits per heavy atom. The van der Waals surface area contributed by atoms with E-state index in [1.54, 1.807) is 0 Å². The molecule has 0 atom stereocenters. The van der Waals surface area contributed by atoms with E-state index >= 15 is 0 Å². The lowest BCUT2D eigenvalue weighted by Gasteiger charge is -2.11.